The highest BCUT2D eigenvalue weighted by molar-refractivity contribution is 6.46. The number of imide groups is 1. The Morgan fingerprint density at radius 1 is 0.806 bits per heavy atom. The van der Waals surface area contributed by atoms with Gasteiger partial charge in [-0.3, -0.25) is 9.59 Å². The summed E-state index contributed by atoms with van der Waals surface area (Å²) in [5.41, 5.74) is 5.59. The van der Waals surface area contributed by atoms with E-state index in [0.717, 1.165) is 22.4 Å². The molecule has 0 spiro atoms. The normalized spacial score (nSPS) is 13.7. The zero-order valence-electron chi connectivity index (χ0n) is 18.0. The minimum absolute atomic E-state index is 0.233. The molecule has 0 aromatic heterocycles. The molecule has 0 aliphatic carbocycles. The summed E-state index contributed by atoms with van der Waals surface area (Å²) in [5, 5.41) is 3.19. The van der Waals surface area contributed by atoms with Crippen LogP contribution in [-0.4, -0.2) is 18.9 Å². The number of benzene rings is 3. The molecule has 4 rings (SSSR count). The largest absolute Gasteiger partial charge is 0.496 e. The maximum Gasteiger partial charge on any atom is 0.282 e. The lowest BCUT2D eigenvalue weighted by Crippen LogP contribution is -2.32. The number of ether oxygens (including phenoxy) is 1. The summed E-state index contributed by atoms with van der Waals surface area (Å²) in [6, 6.07) is 20.5. The fraction of sp³-hybridized carbons (Fsp3) is 0.154. The number of hydrogen-bond acceptors (Lipinski definition) is 4. The number of rotatable bonds is 5. The number of amides is 2. The van der Waals surface area contributed by atoms with Gasteiger partial charge in [0, 0.05) is 11.3 Å². The average Bonchev–Trinajstić information content (AvgIpc) is 3.01. The molecule has 1 aliphatic rings. The first kappa shape index (κ1) is 20.4. The number of methoxy groups -OCH3 is 1. The minimum Gasteiger partial charge on any atom is -0.496 e. The van der Waals surface area contributed by atoms with Gasteiger partial charge in [0.05, 0.1) is 18.4 Å². The summed E-state index contributed by atoms with van der Waals surface area (Å²) < 4.78 is 5.49. The Hall–Kier alpha value is -3.86. The second kappa shape index (κ2) is 8.11. The van der Waals surface area contributed by atoms with Gasteiger partial charge in [0.1, 0.15) is 11.4 Å². The Labute approximate surface area is 182 Å². The van der Waals surface area contributed by atoms with Crippen molar-refractivity contribution in [1.29, 1.82) is 0 Å². The summed E-state index contributed by atoms with van der Waals surface area (Å²) in [7, 11) is 1.55. The van der Waals surface area contributed by atoms with Gasteiger partial charge < -0.3 is 10.1 Å². The van der Waals surface area contributed by atoms with Crippen LogP contribution in [0.5, 0.6) is 5.75 Å². The lowest BCUT2D eigenvalue weighted by Gasteiger charge is -2.17. The van der Waals surface area contributed by atoms with E-state index in [1.165, 1.54) is 4.90 Å². The summed E-state index contributed by atoms with van der Waals surface area (Å²) in [4.78, 5) is 28.3. The lowest BCUT2D eigenvalue weighted by molar-refractivity contribution is -0.120. The van der Waals surface area contributed by atoms with E-state index in [4.69, 9.17) is 4.74 Å². The second-order valence-electron chi connectivity index (χ2n) is 7.66. The third-order valence-electron chi connectivity index (χ3n) is 5.53. The molecule has 1 aliphatic heterocycles. The van der Waals surface area contributed by atoms with E-state index in [-0.39, 0.29) is 11.6 Å². The number of carbonyl (C=O) groups excluding carboxylic acids is 2. The molecule has 1 heterocycles. The molecular weight excluding hydrogens is 388 g/mol. The van der Waals surface area contributed by atoms with Crippen molar-refractivity contribution in [2.45, 2.75) is 20.8 Å². The molecule has 0 saturated carbocycles. The first-order chi connectivity index (χ1) is 14.9. The van der Waals surface area contributed by atoms with Crippen molar-refractivity contribution in [3.05, 3.63) is 94.7 Å². The maximum absolute atomic E-state index is 13.6. The summed E-state index contributed by atoms with van der Waals surface area (Å²) in [6.45, 7) is 5.95. The standard InChI is InChI=1S/C26H24N2O3/c1-16-9-12-19(13-10-16)27-24-23(21-7-5-6-8-22(21)31-4)25(29)28(26(24)30)20-14-11-17(2)18(3)15-20/h5-15,27H,1-4H3. The Balaban J connectivity index is 1.86. The molecule has 0 saturated heterocycles. The zero-order chi connectivity index (χ0) is 22.1. The van der Waals surface area contributed by atoms with Crippen LogP contribution in [0, 0.1) is 20.8 Å². The van der Waals surface area contributed by atoms with Crippen LogP contribution < -0.4 is 15.0 Å². The Kier molecular flexibility index (Phi) is 5.34. The first-order valence-corrected chi connectivity index (χ1v) is 10.1. The Bertz CT molecular complexity index is 1210. The van der Waals surface area contributed by atoms with Gasteiger partial charge in [-0.2, -0.15) is 0 Å². The van der Waals surface area contributed by atoms with Crippen LogP contribution in [0.4, 0.5) is 11.4 Å². The van der Waals surface area contributed by atoms with Crippen molar-refractivity contribution in [3.63, 3.8) is 0 Å². The van der Waals surface area contributed by atoms with Gasteiger partial charge in [-0.25, -0.2) is 4.90 Å². The van der Waals surface area contributed by atoms with Crippen LogP contribution in [0.25, 0.3) is 5.57 Å². The number of anilines is 2. The molecule has 5 nitrogen and oxygen atoms in total. The molecule has 0 unspecified atom stereocenters. The van der Waals surface area contributed by atoms with E-state index in [9.17, 15) is 9.59 Å². The molecule has 0 atom stereocenters. The quantitative estimate of drug-likeness (QED) is 0.598. The third kappa shape index (κ3) is 3.70. The van der Waals surface area contributed by atoms with Crippen molar-refractivity contribution < 1.29 is 14.3 Å². The van der Waals surface area contributed by atoms with Crippen molar-refractivity contribution in [1.82, 2.24) is 0 Å². The number of nitrogens with one attached hydrogen (secondary N) is 1. The van der Waals surface area contributed by atoms with E-state index in [0.29, 0.717) is 22.6 Å². The molecule has 0 bridgehead atoms. The molecule has 3 aromatic rings. The molecule has 0 radical (unpaired) electrons. The van der Waals surface area contributed by atoms with Crippen LogP contribution >= 0.6 is 0 Å². The van der Waals surface area contributed by atoms with Gasteiger partial charge in [0.25, 0.3) is 11.8 Å². The van der Waals surface area contributed by atoms with Gasteiger partial charge in [0.15, 0.2) is 0 Å². The third-order valence-corrected chi connectivity index (χ3v) is 5.53. The molecule has 3 aromatic carbocycles. The molecule has 156 valence electrons. The highest BCUT2D eigenvalue weighted by Gasteiger charge is 2.41. The second-order valence-corrected chi connectivity index (χ2v) is 7.66. The monoisotopic (exact) mass is 412 g/mol. The predicted octanol–water partition coefficient (Wildman–Crippen LogP) is 5.02. The van der Waals surface area contributed by atoms with Gasteiger partial charge in [-0.1, -0.05) is 42.0 Å². The minimum atomic E-state index is -0.394. The van der Waals surface area contributed by atoms with Gasteiger partial charge in [-0.05, 0) is 62.2 Å². The number of aryl methyl sites for hydroxylation is 3. The number of hydrogen-bond donors (Lipinski definition) is 1. The van der Waals surface area contributed by atoms with E-state index in [2.05, 4.69) is 5.32 Å². The maximum atomic E-state index is 13.6. The van der Waals surface area contributed by atoms with E-state index in [1.54, 1.807) is 25.3 Å². The Morgan fingerprint density at radius 2 is 1.52 bits per heavy atom. The fourth-order valence-electron chi connectivity index (χ4n) is 3.63. The molecule has 31 heavy (non-hydrogen) atoms. The van der Waals surface area contributed by atoms with Crippen molar-refractivity contribution in [2.24, 2.45) is 0 Å². The van der Waals surface area contributed by atoms with Crippen LogP contribution in [-0.2, 0) is 9.59 Å². The predicted molar refractivity (Wildman–Crippen MR) is 123 cm³/mol. The smallest absolute Gasteiger partial charge is 0.282 e. The lowest BCUT2D eigenvalue weighted by atomic mass is 10.0. The van der Waals surface area contributed by atoms with Gasteiger partial charge >= 0.3 is 0 Å². The number of para-hydroxylation sites is 1. The van der Waals surface area contributed by atoms with Crippen LogP contribution in [0.2, 0.25) is 0 Å². The first-order valence-electron chi connectivity index (χ1n) is 10.1. The topological polar surface area (TPSA) is 58.6 Å². The van der Waals surface area contributed by atoms with Gasteiger partial charge in [0.2, 0.25) is 0 Å². The Morgan fingerprint density at radius 3 is 2.19 bits per heavy atom. The van der Waals surface area contributed by atoms with E-state index in [1.807, 2.05) is 69.3 Å². The van der Waals surface area contributed by atoms with E-state index >= 15 is 0 Å². The average molecular weight is 412 g/mol. The van der Waals surface area contributed by atoms with Gasteiger partial charge in [-0.15, -0.1) is 0 Å². The van der Waals surface area contributed by atoms with E-state index < -0.39 is 5.91 Å². The highest BCUT2D eigenvalue weighted by Crippen LogP contribution is 2.37. The molecule has 2 amide bonds. The zero-order valence-corrected chi connectivity index (χ0v) is 18.0. The summed E-state index contributed by atoms with van der Waals surface area (Å²) in [5.74, 6) is -0.245. The van der Waals surface area contributed by atoms with Crippen LogP contribution in [0.15, 0.2) is 72.4 Å². The van der Waals surface area contributed by atoms with Crippen molar-refractivity contribution in [2.75, 3.05) is 17.3 Å². The summed E-state index contributed by atoms with van der Waals surface area (Å²) >= 11 is 0. The number of nitrogens with zero attached hydrogens (tertiary/aromatic N) is 1. The highest BCUT2D eigenvalue weighted by atomic mass is 16.5. The molecular formula is C26H24N2O3. The van der Waals surface area contributed by atoms with Crippen molar-refractivity contribution in [3.8, 4) is 5.75 Å². The fourth-order valence-corrected chi connectivity index (χ4v) is 3.63. The van der Waals surface area contributed by atoms with Crippen LogP contribution in [0.3, 0.4) is 0 Å². The van der Waals surface area contributed by atoms with Crippen LogP contribution in [0.1, 0.15) is 22.3 Å². The molecule has 1 N–H and O–H groups in total. The van der Waals surface area contributed by atoms with Crippen molar-refractivity contribution >= 4 is 28.8 Å². The SMILES string of the molecule is COc1ccccc1C1=C(Nc2ccc(C)cc2)C(=O)N(c2ccc(C)c(C)c2)C1=O. The summed E-state index contributed by atoms with van der Waals surface area (Å²) in [6.07, 6.45) is 0. The number of carbonyl (C=O) groups is 2. The molecule has 5 heteroatoms. The molecule has 0 fully saturated rings.